The normalized spacial score (nSPS) is 20.3. The molecule has 28 heavy (non-hydrogen) atoms. The fourth-order valence-electron chi connectivity index (χ4n) is 3.61. The molecule has 0 bridgehead atoms. The summed E-state index contributed by atoms with van der Waals surface area (Å²) in [6, 6.07) is 5.95. The summed E-state index contributed by atoms with van der Waals surface area (Å²) < 4.78 is 10.8. The molecular formula is C19H25Cl2N3O3S. The maximum atomic E-state index is 12.7. The zero-order chi connectivity index (χ0) is 18.1. The number of piperidine rings is 1. The molecule has 2 unspecified atom stereocenters. The number of amides is 1. The fraction of sp³-hybridized carbons (Fsp3) is 0.474. The molecular weight excluding hydrogens is 421 g/mol. The zero-order valence-electron chi connectivity index (χ0n) is 15.6. The maximum Gasteiger partial charge on any atom is 0.231 e. The van der Waals surface area contributed by atoms with E-state index in [0.29, 0.717) is 18.9 Å². The Labute approximate surface area is 181 Å². The minimum atomic E-state index is 0. The van der Waals surface area contributed by atoms with Crippen molar-refractivity contribution >= 4 is 42.1 Å². The second kappa shape index (κ2) is 9.78. The van der Waals surface area contributed by atoms with Crippen molar-refractivity contribution < 1.29 is 14.3 Å². The minimum absolute atomic E-state index is 0. The highest BCUT2D eigenvalue weighted by Gasteiger charge is 2.29. The van der Waals surface area contributed by atoms with Crippen LogP contribution in [0.25, 0.3) is 10.6 Å². The Morgan fingerprint density at radius 3 is 2.89 bits per heavy atom. The molecule has 4 rings (SSSR count). The molecule has 1 aromatic heterocycles. The van der Waals surface area contributed by atoms with Crippen molar-refractivity contribution in [2.75, 3.05) is 19.9 Å². The summed E-state index contributed by atoms with van der Waals surface area (Å²) in [6.07, 6.45) is 2.36. The van der Waals surface area contributed by atoms with Gasteiger partial charge < -0.3 is 20.1 Å². The molecule has 1 saturated heterocycles. The third-order valence-electron chi connectivity index (χ3n) is 5.07. The summed E-state index contributed by atoms with van der Waals surface area (Å²) in [5.41, 5.74) is 7.67. The number of aromatic nitrogens is 1. The van der Waals surface area contributed by atoms with Gasteiger partial charge in [0, 0.05) is 30.1 Å². The molecule has 0 radical (unpaired) electrons. The minimum Gasteiger partial charge on any atom is -0.454 e. The van der Waals surface area contributed by atoms with E-state index in [4.69, 9.17) is 15.2 Å². The molecule has 0 saturated carbocycles. The number of fused-ring (bicyclic) bond motifs is 1. The fourth-order valence-corrected chi connectivity index (χ4v) is 4.43. The number of hydrogen-bond donors (Lipinski definition) is 1. The van der Waals surface area contributed by atoms with E-state index in [1.54, 1.807) is 11.3 Å². The molecule has 2 N–H and O–H groups in total. The second-order valence-electron chi connectivity index (χ2n) is 7.00. The molecule has 1 fully saturated rings. The lowest BCUT2D eigenvalue weighted by Crippen LogP contribution is -2.49. The summed E-state index contributed by atoms with van der Waals surface area (Å²) in [4.78, 5) is 19.3. The predicted octanol–water partition coefficient (Wildman–Crippen LogP) is 3.51. The largest absolute Gasteiger partial charge is 0.454 e. The third kappa shape index (κ3) is 4.71. The Morgan fingerprint density at radius 1 is 1.32 bits per heavy atom. The molecule has 0 aliphatic carbocycles. The van der Waals surface area contributed by atoms with Crippen molar-refractivity contribution in [3.63, 3.8) is 0 Å². The van der Waals surface area contributed by atoms with Gasteiger partial charge in [-0.3, -0.25) is 4.79 Å². The van der Waals surface area contributed by atoms with Gasteiger partial charge >= 0.3 is 0 Å². The molecule has 2 atom stereocenters. The van der Waals surface area contributed by atoms with Crippen molar-refractivity contribution in [2.45, 2.75) is 32.2 Å². The summed E-state index contributed by atoms with van der Waals surface area (Å²) in [6.45, 7) is 3.80. The molecule has 2 aliphatic heterocycles. The standard InChI is InChI=1S/C19H23N3O3S.2ClH/c1-12-4-5-22(15(6-12)9-20)18(23)8-14-10-26-19(21-14)13-2-3-16-17(7-13)25-11-24-16;;/h2-3,7,10,12,15H,4-6,8-9,11,20H2,1H3;2*1H. The van der Waals surface area contributed by atoms with Gasteiger partial charge in [-0.05, 0) is 37.0 Å². The van der Waals surface area contributed by atoms with Crippen LogP contribution in [0.1, 0.15) is 25.5 Å². The first-order chi connectivity index (χ1) is 12.6. The average Bonchev–Trinajstić information content (AvgIpc) is 3.29. The third-order valence-corrected chi connectivity index (χ3v) is 6.01. The second-order valence-corrected chi connectivity index (χ2v) is 7.85. The molecule has 0 spiro atoms. The van der Waals surface area contributed by atoms with Crippen LogP contribution in [0.3, 0.4) is 0 Å². The summed E-state index contributed by atoms with van der Waals surface area (Å²) in [5, 5.41) is 2.84. The first-order valence-corrected chi connectivity index (χ1v) is 9.86. The number of rotatable bonds is 4. The first kappa shape index (κ1) is 22.7. The summed E-state index contributed by atoms with van der Waals surface area (Å²) >= 11 is 1.54. The van der Waals surface area contributed by atoms with Crippen molar-refractivity contribution in [3.8, 4) is 22.1 Å². The average molecular weight is 446 g/mol. The number of carbonyl (C=O) groups excluding carboxylic acids is 1. The highest BCUT2D eigenvalue weighted by atomic mass is 35.5. The Balaban J connectivity index is 0.00000140. The smallest absolute Gasteiger partial charge is 0.231 e. The van der Waals surface area contributed by atoms with Crippen molar-refractivity contribution in [2.24, 2.45) is 11.7 Å². The van der Waals surface area contributed by atoms with Gasteiger partial charge in [-0.2, -0.15) is 0 Å². The SMILES string of the molecule is CC1CCN(C(=O)Cc2csc(-c3ccc4c(c3)OCO4)n2)C(CN)C1.Cl.Cl. The lowest BCUT2D eigenvalue weighted by Gasteiger charge is -2.38. The maximum absolute atomic E-state index is 12.7. The number of likely N-dealkylation sites (tertiary alicyclic amines) is 1. The number of benzene rings is 1. The van der Waals surface area contributed by atoms with E-state index in [2.05, 4.69) is 11.9 Å². The number of carbonyl (C=O) groups is 1. The Kier molecular flexibility index (Phi) is 7.95. The molecule has 3 heterocycles. The van der Waals surface area contributed by atoms with E-state index < -0.39 is 0 Å². The van der Waals surface area contributed by atoms with Gasteiger partial charge in [-0.25, -0.2) is 4.98 Å². The molecule has 2 aliphatic rings. The Morgan fingerprint density at radius 2 is 2.11 bits per heavy atom. The number of nitrogens with two attached hydrogens (primary N) is 1. The van der Waals surface area contributed by atoms with Crippen molar-refractivity contribution in [1.29, 1.82) is 0 Å². The highest BCUT2D eigenvalue weighted by Crippen LogP contribution is 2.36. The molecule has 9 heteroatoms. The number of thiazole rings is 1. The topological polar surface area (TPSA) is 77.7 Å². The van der Waals surface area contributed by atoms with E-state index in [9.17, 15) is 4.79 Å². The molecule has 6 nitrogen and oxygen atoms in total. The molecule has 1 aromatic carbocycles. The van der Waals surface area contributed by atoms with E-state index >= 15 is 0 Å². The molecule has 2 aromatic rings. The van der Waals surface area contributed by atoms with E-state index in [-0.39, 0.29) is 43.6 Å². The van der Waals surface area contributed by atoms with Crippen LogP contribution in [-0.2, 0) is 11.2 Å². The van der Waals surface area contributed by atoms with Crippen LogP contribution in [0.4, 0.5) is 0 Å². The quantitative estimate of drug-likeness (QED) is 0.778. The van der Waals surface area contributed by atoms with Crippen molar-refractivity contribution in [3.05, 3.63) is 29.3 Å². The highest BCUT2D eigenvalue weighted by molar-refractivity contribution is 7.13. The van der Waals surface area contributed by atoms with Gasteiger partial charge in [0.25, 0.3) is 0 Å². The molecule has 1 amide bonds. The van der Waals surface area contributed by atoms with Gasteiger partial charge in [-0.1, -0.05) is 6.92 Å². The van der Waals surface area contributed by atoms with Crippen LogP contribution in [0.2, 0.25) is 0 Å². The van der Waals surface area contributed by atoms with Crippen LogP contribution < -0.4 is 15.2 Å². The van der Waals surface area contributed by atoms with Gasteiger partial charge in [0.2, 0.25) is 12.7 Å². The van der Waals surface area contributed by atoms with Gasteiger partial charge in [0.15, 0.2) is 11.5 Å². The lowest BCUT2D eigenvalue weighted by atomic mass is 9.92. The van der Waals surface area contributed by atoms with Crippen LogP contribution >= 0.6 is 36.2 Å². The molecule has 154 valence electrons. The Bertz CT molecular complexity index is 817. The number of nitrogens with zero attached hydrogens (tertiary/aromatic N) is 2. The van der Waals surface area contributed by atoms with Crippen LogP contribution in [0.5, 0.6) is 11.5 Å². The number of ether oxygens (including phenoxy) is 2. The lowest BCUT2D eigenvalue weighted by molar-refractivity contribution is -0.134. The van der Waals surface area contributed by atoms with Gasteiger partial charge in [0.1, 0.15) is 5.01 Å². The zero-order valence-corrected chi connectivity index (χ0v) is 18.1. The van der Waals surface area contributed by atoms with E-state index in [0.717, 1.165) is 47.2 Å². The first-order valence-electron chi connectivity index (χ1n) is 8.98. The predicted molar refractivity (Wildman–Crippen MR) is 115 cm³/mol. The van der Waals surface area contributed by atoms with Crippen molar-refractivity contribution in [1.82, 2.24) is 9.88 Å². The van der Waals surface area contributed by atoms with Gasteiger partial charge in [-0.15, -0.1) is 36.2 Å². The Hall–Kier alpha value is -1.54. The number of hydrogen-bond acceptors (Lipinski definition) is 6. The van der Waals surface area contributed by atoms with E-state index in [1.165, 1.54) is 0 Å². The summed E-state index contributed by atoms with van der Waals surface area (Å²) in [5.74, 6) is 2.25. The van der Waals surface area contributed by atoms with E-state index in [1.807, 2.05) is 28.5 Å². The van der Waals surface area contributed by atoms with Gasteiger partial charge in [0.05, 0.1) is 12.1 Å². The van der Waals surface area contributed by atoms with Crippen LogP contribution in [-0.4, -0.2) is 41.7 Å². The number of halogens is 2. The van der Waals surface area contributed by atoms with Crippen LogP contribution in [0, 0.1) is 5.92 Å². The summed E-state index contributed by atoms with van der Waals surface area (Å²) in [7, 11) is 0. The monoisotopic (exact) mass is 445 g/mol. The van der Waals surface area contributed by atoms with Crippen LogP contribution in [0.15, 0.2) is 23.6 Å².